The minimum Gasteiger partial charge on any atom is -0.497 e. The van der Waals surface area contributed by atoms with Crippen LogP contribution < -0.4 is 10.1 Å². The molecule has 2 rings (SSSR count). The highest BCUT2D eigenvalue weighted by atomic mass is 35.5. The van der Waals surface area contributed by atoms with Crippen molar-refractivity contribution in [3.8, 4) is 5.75 Å². The van der Waals surface area contributed by atoms with Crippen LogP contribution in [-0.4, -0.2) is 13.0 Å². The maximum Gasteiger partial charge on any atom is 0.265 e. The summed E-state index contributed by atoms with van der Waals surface area (Å²) in [5, 5.41) is 2.58. The van der Waals surface area contributed by atoms with Crippen molar-refractivity contribution in [3.63, 3.8) is 0 Å². The number of halogens is 2. The molecule has 0 spiro atoms. The number of carbonyl (C=O) groups is 1. The van der Waals surface area contributed by atoms with Crippen LogP contribution >= 0.6 is 23.2 Å². The third-order valence-corrected chi connectivity index (χ3v) is 2.85. The van der Waals surface area contributed by atoms with Crippen LogP contribution in [0.25, 0.3) is 0 Å². The Hall–Kier alpha value is -0.930. The third kappa shape index (κ3) is 1.24. The van der Waals surface area contributed by atoms with E-state index in [1.165, 1.54) is 7.11 Å². The van der Waals surface area contributed by atoms with E-state index in [1.807, 2.05) is 0 Å². The predicted octanol–water partition coefficient (Wildman–Crippen LogP) is 2.28. The second kappa shape index (κ2) is 3.04. The summed E-state index contributed by atoms with van der Waals surface area (Å²) < 4.78 is 3.50. The topological polar surface area (TPSA) is 38.3 Å². The molecule has 0 unspecified atom stereocenters. The molecule has 0 atom stereocenters. The van der Waals surface area contributed by atoms with E-state index in [2.05, 4.69) is 5.32 Å². The Balaban J connectivity index is 2.56. The number of hydrogen-bond donors (Lipinski definition) is 1. The lowest BCUT2D eigenvalue weighted by molar-refractivity contribution is -0.116. The number of benzene rings is 1. The van der Waals surface area contributed by atoms with E-state index in [0.717, 1.165) is 0 Å². The van der Waals surface area contributed by atoms with Crippen molar-refractivity contribution in [2.45, 2.75) is 4.33 Å². The maximum absolute atomic E-state index is 11.3. The number of rotatable bonds is 1. The van der Waals surface area contributed by atoms with Gasteiger partial charge in [0.05, 0.1) is 7.11 Å². The number of hydrogen-bond acceptors (Lipinski definition) is 2. The van der Waals surface area contributed by atoms with Gasteiger partial charge in [-0.15, -0.1) is 0 Å². The normalized spacial score (nSPS) is 17.5. The number of anilines is 1. The summed E-state index contributed by atoms with van der Waals surface area (Å²) in [5.41, 5.74) is 1.16. The first-order chi connectivity index (χ1) is 6.55. The molecular weight excluding hydrogens is 225 g/mol. The van der Waals surface area contributed by atoms with Gasteiger partial charge in [0.15, 0.2) is 0 Å². The van der Waals surface area contributed by atoms with Gasteiger partial charge in [-0.3, -0.25) is 4.79 Å². The zero-order chi connectivity index (χ0) is 10.3. The first-order valence-electron chi connectivity index (χ1n) is 3.93. The van der Waals surface area contributed by atoms with Crippen LogP contribution in [-0.2, 0) is 9.13 Å². The molecule has 74 valence electrons. The summed E-state index contributed by atoms with van der Waals surface area (Å²) >= 11 is 11.8. The van der Waals surface area contributed by atoms with Crippen molar-refractivity contribution < 1.29 is 9.53 Å². The summed E-state index contributed by atoms with van der Waals surface area (Å²) in [4.78, 5) is 11.3. The fourth-order valence-corrected chi connectivity index (χ4v) is 1.75. The quantitative estimate of drug-likeness (QED) is 0.754. The van der Waals surface area contributed by atoms with Gasteiger partial charge in [0, 0.05) is 11.3 Å². The van der Waals surface area contributed by atoms with E-state index >= 15 is 0 Å². The Kier molecular flexibility index (Phi) is 2.09. The van der Waals surface area contributed by atoms with Crippen LogP contribution in [0.2, 0.25) is 0 Å². The van der Waals surface area contributed by atoms with Gasteiger partial charge in [0.1, 0.15) is 5.75 Å². The first kappa shape index (κ1) is 9.62. The summed E-state index contributed by atoms with van der Waals surface area (Å²) in [6, 6.07) is 5.08. The highest BCUT2D eigenvalue weighted by Gasteiger charge is 2.43. The minimum atomic E-state index is -1.51. The van der Waals surface area contributed by atoms with Gasteiger partial charge in [-0.25, -0.2) is 0 Å². The van der Waals surface area contributed by atoms with Gasteiger partial charge in [-0.2, -0.15) is 0 Å². The lowest BCUT2D eigenvalue weighted by Crippen LogP contribution is -2.21. The fourth-order valence-electron chi connectivity index (χ4n) is 1.34. The molecule has 1 heterocycles. The smallest absolute Gasteiger partial charge is 0.265 e. The summed E-state index contributed by atoms with van der Waals surface area (Å²) in [6.45, 7) is 0. The van der Waals surface area contributed by atoms with Crippen LogP contribution in [0.3, 0.4) is 0 Å². The Morgan fingerprint density at radius 2 is 2.14 bits per heavy atom. The number of methoxy groups -OCH3 is 1. The van der Waals surface area contributed by atoms with E-state index < -0.39 is 10.2 Å². The van der Waals surface area contributed by atoms with Gasteiger partial charge < -0.3 is 10.1 Å². The monoisotopic (exact) mass is 231 g/mol. The van der Waals surface area contributed by atoms with Gasteiger partial charge in [0.25, 0.3) is 5.91 Å². The Labute approximate surface area is 91.0 Å². The highest BCUT2D eigenvalue weighted by molar-refractivity contribution is 6.60. The number of carbonyl (C=O) groups excluding carboxylic acids is 1. The third-order valence-electron chi connectivity index (χ3n) is 2.10. The van der Waals surface area contributed by atoms with Crippen molar-refractivity contribution >= 4 is 34.8 Å². The second-order valence-electron chi connectivity index (χ2n) is 2.94. The molecule has 0 saturated heterocycles. The molecular formula is C9H7Cl2NO2. The van der Waals surface area contributed by atoms with Gasteiger partial charge >= 0.3 is 0 Å². The SMILES string of the molecule is COc1ccc2c(c1)C(Cl)(Cl)C(=O)N2. The summed E-state index contributed by atoms with van der Waals surface area (Å²) in [7, 11) is 1.54. The molecule has 1 amide bonds. The molecule has 1 aliphatic heterocycles. The Morgan fingerprint density at radius 1 is 1.43 bits per heavy atom. The molecule has 3 nitrogen and oxygen atoms in total. The summed E-state index contributed by atoms with van der Waals surface area (Å²) in [6.07, 6.45) is 0. The van der Waals surface area contributed by atoms with E-state index in [0.29, 0.717) is 17.0 Å². The lowest BCUT2D eigenvalue weighted by atomic mass is 10.1. The van der Waals surface area contributed by atoms with Gasteiger partial charge in [-0.05, 0) is 18.2 Å². The Bertz CT molecular complexity index is 404. The first-order valence-corrected chi connectivity index (χ1v) is 4.69. The van der Waals surface area contributed by atoms with Gasteiger partial charge in [-0.1, -0.05) is 23.2 Å². The Morgan fingerprint density at radius 3 is 2.79 bits per heavy atom. The van der Waals surface area contributed by atoms with Crippen molar-refractivity contribution in [1.82, 2.24) is 0 Å². The molecule has 14 heavy (non-hydrogen) atoms. The van der Waals surface area contributed by atoms with Crippen LogP contribution in [0.4, 0.5) is 5.69 Å². The zero-order valence-electron chi connectivity index (χ0n) is 7.30. The minimum absolute atomic E-state index is 0.427. The van der Waals surface area contributed by atoms with Crippen LogP contribution in [0.5, 0.6) is 5.75 Å². The van der Waals surface area contributed by atoms with Crippen molar-refractivity contribution in [2.75, 3.05) is 12.4 Å². The van der Waals surface area contributed by atoms with Crippen LogP contribution in [0.1, 0.15) is 5.56 Å². The average molecular weight is 232 g/mol. The summed E-state index contributed by atoms with van der Waals surface area (Å²) in [5.74, 6) is 0.190. The molecule has 1 aliphatic rings. The molecule has 0 bridgehead atoms. The molecule has 1 aromatic rings. The molecule has 0 aromatic heterocycles. The highest BCUT2D eigenvalue weighted by Crippen LogP contribution is 2.45. The number of ether oxygens (including phenoxy) is 1. The second-order valence-corrected chi connectivity index (χ2v) is 4.27. The van der Waals surface area contributed by atoms with Crippen molar-refractivity contribution in [1.29, 1.82) is 0 Å². The van der Waals surface area contributed by atoms with E-state index in [9.17, 15) is 4.79 Å². The van der Waals surface area contributed by atoms with Crippen molar-refractivity contribution in [2.24, 2.45) is 0 Å². The average Bonchev–Trinajstić information content (AvgIpc) is 2.38. The molecule has 1 aromatic carbocycles. The molecule has 0 saturated carbocycles. The zero-order valence-corrected chi connectivity index (χ0v) is 8.82. The standard InChI is InChI=1S/C9H7Cl2NO2/c1-14-5-2-3-7-6(4-5)9(10,11)8(13)12-7/h2-4H,1H3,(H,12,13). The van der Waals surface area contributed by atoms with Crippen molar-refractivity contribution in [3.05, 3.63) is 23.8 Å². The number of amides is 1. The fraction of sp³-hybridized carbons (Fsp3) is 0.222. The predicted molar refractivity (Wildman–Crippen MR) is 55.0 cm³/mol. The molecule has 0 aliphatic carbocycles. The molecule has 5 heteroatoms. The van der Waals surface area contributed by atoms with Gasteiger partial charge in [0.2, 0.25) is 4.33 Å². The van der Waals surface area contributed by atoms with Crippen LogP contribution in [0.15, 0.2) is 18.2 Å². The maximum atomic E-state index is 11.3. The number of alkyl halides is 2. The number of nitrogens with one attached hydrogen (secondary N) is 1. The molecule has 0 radical (unpaired) electrons. The largest absolute Gasteiger partial charge is 0.497 e. The molecule has 0 fully saturated rings. The van der Waals surface area contributed by atoms with E-state index in [1.54, 1.807) is 18.2 Å². The van der Waals surface area contributed by atoms with E-state index in [4.69, 9.17) is 27.9 Å². The van der Waals surface area contributed by atoms with Crippen LogP contribution in [0, 0.1) is 0 Å². The van der Waals surface area contributed by atoms with E-state index in [-0.39, 0.29) is 0 Å². The number of fused-ring (bicyclic) bond motifs is 1. The lowest BCUT2D eigenvalue weighted by Gasteiger charge is -2.10. The molecule has 1 N–H and O–H groups in total.